The van der Waals surface area contributed by atoms with Crippen LogP contribution in [0.2, 0.25) is 0 Å². The van der Waals surface area contributed by atoms with Gasteiger partial charge in [0.1, 0.15) is 6.54 Å². The molecule has 2 rings (SSSR count). The van der Waals surface area contributed by atoms with Crippen molar-refractivity contribution < 1.29 is 22.7 Å². The lowest BCUT2D eigenvalue weighted by molar-refractivity contribution is -0.119. The second-order valence-corrected chi connectivity index (χ2v) is 9.23. The maximum absolute atomic E-state index is 12.4. The first-order valence-electron chi connectivity index (χ1n) is 10.4. The predicted octanol–water partition coefficient (Wildman–Crippen LogP) is 3.41. The zero-order valence-electron chi connectivity index (χ0n) is 19.2. The lowest BCUT2D eigenvalue weighted by Crippen LogP contribution is -2.39. The maximum Gasteiger partial charge on any atom is 0.260 e. The molecule has 8 nitrogen and oxygen atoms in total. The van der Waals surface area contributed by atoms with Crippen LogP contribution in [0, 0.1) is 13.8 Å². The molecule has 0 saturated carbocycles. The summed E-state index contributed by atoms with van der Waals surface area (Å²) in [7, 11) is -3.65. The lowest BCUT2D eigenvalue weighted by atomic mass is 10.1. The number of hydrogen-bond acceptors (Lipinski definition) is 6. The van der Waals surface area contributed by atoms with E-state index >= 15 is 0 Å². The average molecular weight is 462 g/mol. The number of ether oxygens (including phenoxy) is 2. The Kier molecular flexibility index (Phi) is 9.07. The highest BCUT2D eigenvalue weighted by Gasteiger charge is 2.21. The molecule has 0 unspecified atom stereocenters. The fourth-order valence-corrected chi connectivity index (χ4v) is 3.68. The molecule has 0 saturated heterocycles. The molecule has 1 amide bonds. The van der Waals surface area contributed by atoms with Gasteiger partial charge in [0.25, 0.3) is 5.91 Å². The van der Waals surface area contributed by atoms with Crippen LogP contribution >= 0.6 is 0 Å². The van der Waals surface area contributed by atoms with Crippen molar-refractivity contribution in [3.63, 3.8) is 0 Å². The number of benzene rings is 2. The molecule has 32 heavy (non-hydrogen) atoms. The van der Waals surface area contributed by atoms with Crippen LogP contribution in [0.15, 0.2) is 41.5 Å². The van der Waals surface area contributed by atoms with Gasteiger partial charge in [0.2, 0.25) is 10.0 Å². The van der Waals surface area contributed by atoms with Crippen LogP contribution in [0.25, 0.3) is 0 Å². The Morgan fingerprint density at radius 2 is 1.81 bits per heavy atom. The molecule has 0 spiro atoms. The molecule has 0 atom stereocenters. The summed E-state index contributed by atoms with van der Waals surface area (Å²) >= 11 is 0. The monoisotopic (exact) mass is 461 g/mol. The Morgan fingerprint density at radius 1 is 1.06 bits per heavy atom. The fourth-order valence-electron chi connectivity index (χ4n) is 2.83. The summed E-state index contributed by atoms with van der Waals surface area (Å²) in [6.45, 7) is 8.42. The summed E-state index contributed by atoms with van der Waals surface area (Å²) in [5, 5.41) is 3.95. The van der Waals surface area contributed by atoms with Crippen LogP contribution in [0.3, 0.4) is 0 Å². The molecule has 0 aromatic heterocycles. The number of rotatable bonds is 11. The van der Waals surface area contributed by atoms with E-state index < -0.39 is 15.9 Å². The highest BCUT2D eigenvalue weighted by Crippen LogP contribution is 2.28. The molecule has 174 valence electrons. The number of hydrazone groups is 1. The molecule has 9 heteroatoms. The Morgan fingerprint density at radius 3 is 2.44 bits per heavy atom. The van der Waals surface area contributed by atoms with E-state index in [1.807, 2.05) is 33.8 Å². The summed E-state index contributed by atoms with van der Waals surface area (Å²) < 4.78 is 36.8. The van der Waals surface area contributed by atoms with Gasteiger partial charge in [-0.25, -0.2) is 13.8 Å². The van der Waals surface area contributed by atoms with Gasteiger partial charge in [0, 0.05) is 0 Å². The zero-order chi connectivity index (χ0) is 23.7. The van der Waals surface area contributed by atoms with E-state index in [2.05, 4.69) is 10.5 Å². The first-order chi connectivity index (χ1) is 15.2. The van der Waals surface area contributed by atoms with Crippen LogP contribution in [0.4, 0.5) is 5.69 Å². The highest BCUT2D eigenvalue weighted by molar-refractivity contribution is 7.92. The van der Waals surface area contributed by atoms with E-state index in [-0.39, 0.29) is 6.54 Å². The SMILES string of the molecule is CCCOc1ccc(/C=N\NC(=O)CN(c2ccc(C)c(C)c2)S(C)(=O)=O)cc1OCC. The van der Waals surface area contributed by atoms with Crippen molar-refractivity contribution >= 4 is 27.8 Å². The second kappa shape index (κ2) is 11.5. The van der Waals surface area contributed by atoms with Crippen LogP contribution < -0.4 is 19.2 Å². The molecule has 1 N–H and O–H groups in total. The fraction of sp³-hybridized carbons (Fsp3) is 0.391. The van der Waals surface area contributed by atoms with E-state index in [9.17, 15) is 13.2 Å². The molecule has 0 aliphatic carbocycles. The van der Waals surface area contributed by atoms with Crippen LogP contribution in [-0.4, -0.2) is 46.6 Å². The maximum atomic E-state index is 12.4. The summed E-state index contributed by atoms with van der Waals surface area (Å²) in [5.41, 5.74) is 5.48. The molecule has 0 fully saturated rings. The Balaban J connectivity index is 2.09. The first-order valence-corrected chi connectivity index (χ1v) is 12.3. The summed E-state index contributed by atoms with van der Waals surface area (Å²) in [5.74, 6) is 0.680. The summed E-state index contributed by atoms with van der Waals surface area (Å²) in [6.07, 6.45) is 3.41. The van der Waals surface area contributed by atoms with Gasteiger partial charge in [-0.3, -0.25) is 9.10 Å². The summed E-state index contributed by atoms with van der Waals surface area (Å²) in [6, 6.07) is 10.6. The third-order valence-electron chi connectivity index (χ3n) is 4.60. The second-order valence-electron chi connectivity index (χ2n) is 7.32. The smallest absolute Gasteiger partial charge is 0.260 e. The van der Waals surface area contributed by atoms with Gasteiger partial charge in [-0.05, 0) is 74.2 Å². The topological polar surface area (TPSA) is 97.3 Å². The number of nitrogens with zero attached hydrogens (tertiary/aromatic N) is 2. The van der Waals surface area contributed by atoms with E-state index in [1.54, 1.807) is 30.3 Å². The molecule has 0 radical (unpaired) electrons. The Bertz CT molecular complexity index is 1070. The molecular weight excluding hydrogens is 430 g/mol. The lowest BCUT2D eigenvalue weighted by Gasteiger charge is -2.22. The summed E-state index contributed by atoms with van der Waals surface area (Å²) in [4.78, 5) is 12.4. The minimum atomic E-state index is -3.65. The van der Waals surface area contributed by atoms with Crippen molar-refractivity contribution in [1.29, 1.82) is 0 Å². The van der Waals surface area contributed by atoms with Gasteiger partial charge in [-0.1, -0.05) is 13.0 Å². The number of anilines is 1. The van der Waals surface area contributed by atoms with Crippen molar-refractivity contribution in [2.24, 2.45) is 5.10 Å². The molecule has 0 bridgehead atoms. The van der Waals surface area contributed by atoms with Gasteiger partial charge < -0.3 is 9.47 Å². The van der Waals surface area contributed by atoms with Gasteiger partial charge in [-0.15, -0.1) is 0 Å². The number of amides is 1. The van der Waals surface area contributed by atoms with Crippen molar-refractivity contribution in [2.45, 2.75) is 34.1 Å². The van der Waals surface area contributed by atoms with Crippen LogP contribution in [0.5, 0.6) is 11.5 Å². The van der Waals surface area contributed by atoms with Gasteiger partial charge in [0.05, 0.1) is 31.4 Å². The molecule has 0 heterocycles. The van der Waals surface area contributed by atoms with E-state index in [4.69, 9.17) is 9.47 Å². The van der Waals surface area contributed by atoms with E-state index in [0.29, 0.717) is 36.0 Å². The van der Waals surface area contributed by atoms with E-state index in [0.717, 1.165) is 28.1 Å². The largest absolute Gasteiger partial charge is 0.490 e. The van der Waals surface area contributed by atoms with Crippen LogP contribution in [-0.2, 0) is 14.8 Å². The number of carbonyl (C=O) groups is 1. The number of nitrogens with one attached hydrogen (secondary N) is 1. The molecular formula is C23H31N3O5S. The van der Waals surface area contributed by atoms with Gasteiger partial charge >= 0.3 is 0 Å². The number of hydrogen-bond donors (Lipinski definition) is 1. The van der Waals surface area contributed by atoms with Gasteiger partial charge in [0.15, 0.2) is 11.5 Å². The minimum Gasteiger partial charge on any atom is -0.490 e. The standard InChI is InChI=1S/C23H31N3O5S/c1-6-12-31-21-11-9-19(14-22(21)30-7-2)15-24-25-23(27)16-26(32(5,28)29)20-10-8-17(3)18(4)13-20/h8-11,13-15H,6-7,12,16H2,1-5H3,(H,25,27)/b24-15-. The number of carbonyl (C=O) groups excluding carboxylic acids is 1. The predicted molar refractivity (Wildman–Crippen MR) is 127 cm³/mol. The molecule has 2 aromatic carbocycles. The van der Waals surface area contributed by atoms with Crippen LogP contribution in [0.1, 0.15) is 37.0 Å². The zero-order valence-corrected chi connectivity index (χ0v) is 20.0. The Hall–Kier alpha value is -3.07. The van der Waals surface area contributed by atoms with Crippen molar-refractivity contribution in [1.82, 2.24) is 5.43 Å². The minimum absolute atomic E-state index is 0.382. The molecule has 0 aliphatic heterocycles. The number of aryl methyl sites for hydroxylation is 2. The third-order valence-corrected chi connectivity index (χ3v) is 5.74. The van der Waals surface area contributed by atoms with Crippen molar-refractivity contribution in [3.05, 3.63) is 53.1 Å². The highest BCUT2D eigenvalue weighted by atomic mass is 32.2. The molecule has 2 aromatic rings. The normalized spacial score (nSPS) is 11.4. The third kappa shape index (κ3) is 7.26. The van der Waals surface area contributed by atoms with Crippen molar-refractivity contribution in [2.75, 3.05) is 30.3 Å². The Labute approximate surface area is 190 Å². The molecule has 0 aliphatic rings. The van der Waals surface area contributed by atoms with Crippen molar-refractivity contribution in [3.8, 4) is 11.5 Å². The first kappa shape index (κ1) is 25.2. The van der Waals surface area contributed by atoms with E-state index in [1.165, 1.54) is 6.21 Å². The quantitative estimate of drug-likeness (QED) is 0.409. The number of sulfonamides is 1. The average Bonchev–Trinajstić information content (AvgIpc) is 2.73. The van der Waals surface area contributed by atoms with Gasteiger partial charge in [-0.2, -0.15) is 5.10 Å².